The second-order valence-electron chi connectivity index (χ2n) is 3.91. The second-order valence-corrected chi connectivity index (χ2v) is 3.91. The molecule has 0 aliphatic carbocycles. The summed E-state index contributed by atoms with van der Waals surface area (Å²) in [6.45, 7) is 2.36. The Balaban J connectivity index is 1.93. The molecule has 0 atom stereocenters. The predicted molar refractivity (Wildman–Crippen MR) is 61.1 cm³/mol. The maximum absolute atomic E-state index is 11.5. The molecule has 88 valence electrons. The summed E-state index contributed by atoms with van der Waals surface area (Å²) in [5.41, 5.74) is 5.35. The second kappa shape index (κ2) is 5.09. The van der Waals surface area contributed by atoms with Gasteiger partial charge in [0.25, 0.3) is 0 Å². The van der Waals surface area contributed by atoms with Gasteiger partial charge in [0.2, 0.25) is 5.91 Å². The number of nitrogens with zero attached hydrogens (tertiary/aromatic N) is 2. The van der Waals surface area contributed by atoms with E-state index in [9.17, 15) is 4.79 Å². The highest BCUT2D eigenvalue weighted by Crippen LogP contribution is 2.17. The molecule has 0 unspecified atom stereocenters. The molecule has 2 heterocycles. The smallest absolute Gasteiger partial charge is 0.225 e. The molecule has 1 saturated heterocycles. The van der Waals surface area contributed by atoms with Crippen LogP contribution in [-0.4, -0.2) is 35.3 Å². The normalized spacial score (nSPS) is 15.8. The minimum atomic E-state index is -0.000479. The SMILES string of the molecule is NCCCC(=O)Nc1ccnn1C1CNC1. The molecule has 0 radical (unpaired) electrons. The lowest BCUT2D eigenvalue weighted by Crippen LogP contribution is -2.44. The standard InChI is InChI=1S/C10H17N5O/c11-4-1-2-10(16)14-9-3-5-13-15(9)8-6-12-7-8/h3,5,8,12H,1-2,4,6-7,11H2,(H,14,16). The van der Waals surface area contributed by atoms with Crippen LogP contribution in [0.3, 0.4) is 0 Å². The molecule has 4 N–H and O–H groups in total. The number of nitrogens with one attached hydrogen (secondary N) is 2. The van der Waals surface area contributed by atoms with Gasteiger partial charge in [-0.2, -0.15) is 5.10 Å². The van der Waals surface area contributed by atoms with Crippen molar-refractivity contribution in [3.63, 3.8) is 0 Å². The van der Waals surface area contributed by atoms with E-state index in [-0.39, 0.29) is 5.91 Å². The van der Waals surface area contributed by atoms with Crippen LogP contribution >= 0.6 is 0 Å². The van der Waals surface area contributed by atoms with Crippen LogP contribution in [0.5, 0.6) is 0 Å². The Morgan fingerprint density at radius 2 is 2.50 bits per heavy atom. The van der Waals surface area contributed by atoms with Crippen molar-refractivity contribution in [2.24, 2.45) is 5.73 Å². The van der Waals surface area contributed by atoms with Crippen molar-refractivity contribution < 1.29 is 4.79 Å². The number of carbonyl (C=O) groups is 1. The van der Waals surface area contributed by atoms with Crippen LogP contribution in [0.4, 0.5) is 5.82 Å². The van der Waals surface area contributed by atoms with Gasteiger partial charge in [0.05, 0.1) is 12.2 Å². The lowest BCUT2D eigenvalue weighted by atomic mass is 10.2. The van der Waals surface area contributed by atoms with Crippen LogP contribution in [0.1, 0.15) is 18.9 Å². The van der Waals surface area contributed by atoms with Gasteiger partial charge in [-0.25, -0.2) is 4.68 Å². The summed E-state index contributed by atoms with van der Waals surface area (Å²) in [5, 5.41) is 10.2. The lowest BCUT2D eigenvalue weighted by molar-refractivity contribution is -0.116. The molecule has 1 aromatic rings. The third-order valence-corrected chi connectivity index (χ3v) is 2.65. The molecule has 0 spiro atoms. The number of aromatic nitrogens is 2. The quantitative estimate of drug-likeness (QED) is 0.640. The first-order chi connectivity index (χ1) is 7.81. The molecule has 1 aromatic heterocycles. The Morgan fingerprint density at radius 3 is 3.12 bits per heavy atom. The minimum Gasteiger partial charge on any atom is -0.330 e. The summed E-state index contributed by atoms with van der Waals surface area (Å²) in [6, 6.07) is 2.18. The topological polar surface area (TPSA) is 85.0 Å². The van der Waals surface area contributed by atoms with E-state index < -0.39 is 0 Å². The van der Waals surface area contributed by atoms with Crippen LogP contribution < -0.4 is 16.4 Å². The van der Waals surface area contributed by atoms with Crippen molar-refractivity contribution in [2.75, 3.05) is 25.0 Å². The van der Waals surface area contributed by atoms with Gasteiger partial charge in [-0.05, 0) is 13.0 Å². The van der Waals surface area contributed by atoms with Crippen LogP contribution in [0.15, 0.2) is 12.3 Å². The number of anilines is 1. The highest BCUT2D eigenvalue weighted by Gasteiger charge is 2.21. The zero-order chi connectivity index (χ0) is 11.4. The van der Waals surface area contributed by atoms with Crippen LogP contribution in [0, 0.1) is 0 Å². The van der Waals surface area contributed by atoms with Gasteiger partial charge in [-0.1, -0.05) is 0 Å². The Labute approximate surface area is 94.2 Å². The fourth-order valence-electron chi connectivity index (χ4n) is 1.62. The fourth-order valence-corrected chi connectivity index (χ4v) is 1.62. The summed E-state index contributed by atoms with van der Waals surface area (Å²) in [5.74, 6) is 0.771. The van der Waals surface area contributed by atoms with Crippen molar-refractivity contribution in [1.82, 2.24) is 15.1 Å². The maximum atomic E-state index is 11.5. The summed E-state index contributed by atoms with van der Waals surface area (Å²) in [6.07, 6.45) is 2.88. The minimum absolute atomic E-state index is 0.000479. The van der Waals surface area contributed by atoms with Gasteiger partial charge in [0, 0.05) is 25.6 Å². The zero-order valence-corrected chi connectivity index (χ0v) is 9.15. The van der Waals surface area contributed by atoms with E-state index in [2.05, 4.69) is 15.7 Å². The number of hydrogen-bond acceptors (Lipinski definition) is 4. The third-order valence-electron chi connectivity index (χ3n) is 2.65. The molecule has 6 heteroatoms. The van der Waals surface area contributed by atoms with Crippen LogP contribution in [0.2, 0.25) is 0 Å². The fraction of sp³-hybridized carbons (Fsp3) is 0.600. The molecule has 16 heavy (non-hydrogen) atoms. The van der Waals surface area contributed by atoms with E-state index in [0.717, 1.165) is 18.9 Å². The molecule has 0 aromatic carbocycles. The average molecular weight is 223 g/mol. The van der Waals surface area contributed by atoms with Crippen LogP contribution in [-0.2, 0) is 4.79 Å². The summed E-state index contributed by atoms with van der Waals surface area (Å²) in [7, 11) is 0. The highest BCUT2D eigenvalue weighted by atomic mass is 16.1. The molecule has 2 rings (SSSR count). The Morgan fingerprint density at radius 1 is 1.69 bits per heavy atom. The van der Waals surface area contributed by atoms with E-state index in [1.54, 1.807) is 6.20 Å². The molecular formula is C10H17N5O. The Bertz CT molecular complexity index is 358. The number of amides is 1. The number of hydrogen-bond donors (Lipinski definition) is 3. The molecular weight excluding hydrogens is 206 g/mol. The molecule has 0 bridgehead atoms. The third kappa shape index (κ3) is 2.40. The van der Waals surface area contributed by atoms with Gasteiger partial charge in [-0.3, -0.25) is 4.79 Å². The van der Waals surface area contributed by atoms with E-state index in [1.807, 2.05) is 10.7 Å². The number of carbonyl (C=O) groups excluding carboxylic acids is 1. The van der Waals surface area contributed by atoms with Crippen LogP contribution in [0.25, 0.3) is 0 Å². The van der Waals surface area contributed by atoms with Gasteiger partial charge in [0.1, 0.15) is 5.82 Å². The predicted octanol–water partition coefficient (Wildman–Crippen LogP) is -0.295. The average Bonchev–Trinajstić information content (AvgIpc) is 2.61. The van der Waals surface area contributed by atoms with E-state index in [4.69, 9.17) is 5.73 Å². The molecule has 0 saturated carbocycles. The number of rotatable bonds is 5. The monoisotopic (exact) mass is 223 g/mol. The van der Waals surface area contributed by atoms with Crippen molar-refractivity contribution >= 4 is 11.7 Å². The maximum Gasteiger partial charge on any atom is 0.225 e. The van der Waals surface area contributed by atoms with Gasteiger partial charge < -0.3 is 16.4 Å². The summed E-state index contributed by atoms with van der Waals surface area (Å²) < 4.78 is 1.86. The lowest BCUT2D eigenvalue weighted by Gasteiger charge is -2.28. The first-order valence-electron chi connectivity index (χ1n) is 5.55. The van der Waals surface area contributed by atoms with Crippen molar-refractivity contribution in [3.8, 4) is 0 Å². The van der Waals surface area contributed by atoms with Gasteiger partial charge in [0.15, 0.2) is 0 Å². The number of nitrogens with two attached hydrogens (primary N) is 1. The largest absolute Gasteiger partial charge is 0.330 e. The van der Waals surface area contributed by atoms with E-state index >= 15 is 0 Å². The highest BCUT2D eigenvalue weighted by molar-refractivity contribution is 5.89. The van der Waals surface area contributed by atoms with Gasteiger partial charge in [-0.15, -0.1) is 0 Å². The van der Waals surface area contributed by atoms with E-state index in [0.29, 0.717) is 25.4 Å². The molecule has 1 aliphatic rings. The first kappa shape index (κ1) is 11.1. The first-order valence-corrected chi connectivity index (χ1v) is 5.55. The molecule has 1 amide bonds. The Kier molecular flexibility index (Phi) is 3.53. The van der Waals surface area contributed by atoms with Gasteiger partial charge >= 0.3 is 0 Å². The van der Waals surface area contributed by atoms with Crippen molar-refractivity contribution in [1.29, 1.82) is 0 Å². The zero-order valence-electron chi connectivity index (χ0n) is 9.15. The van der Waals surface area contributed by atoms with E-state index in [1.165, 1.54) is 0 Å². The summed E-state index contributed by atoms with van der Waals surface area (Å²) >= 11 is 0. The molecule has 1 fully saturated rings. The van der Waals surface area contributed by atoms with Crippen molar-refractivity contribution in [2.45, 2.75) is 18.9 Å². The molecule has 6 nitrogen and oxygen atoms in total. The Hall–Kier alpha value is -1.40. The summed E-state index contributed by atoms with van der Waals surface area (Å²) in [4.78, 5) is 11.5. The van der Waals surface area contributed by atoms with Crippen molar-refractivity contribution in [3.05, 3.63) is 12.3 Å². The molecule has 1 aliphatic heterocycles.